The maximum atomic E-state index is 11.4. The van der Waals surface area contributed by atoms with Gasteiger partial charge in [0.15, 0.2) is 0 Å². The highest BCUT2D eigenvalue weighted by molar-refractivity contribution is 5.83. The predicted octanol–water partition coefficient (Wildman–Crippen LogP) is 0.834. The number of carbonyl (C=O) groups is 2. The summed E-state index contributed by atoms with van der Waals surface area (Å²) in [6, 6.07) is -0.587. The second-order valence-corrected chi connectivity index (χ2v) is 4.92. The normalized spacial score (nSPS) is 17.4. The molecule has 0 aliphatic heterocycles. The zero-order valence-corrected chi connectivity index (χ0v) is 11.3. The van der Waals surface area contributed by atoms with Gasteiger partial charge in [-0.3, -0.25) is 4.79 Å². The Morgan fingerprint density at radius 1 is 1.33 bits per heavy atom. The van der Waals surface area contributed by atoms with Crippen molar-refractivity contribution in [2.45, 2.75) is 45.1 Å². The number of carbonyl (C=O) groups excluding carboxylic acids is 2. The lowest BCUT2D eigenvalue weighted by molar-refractivity contribution is -0.144. The summed E-state index contributed by atoms with van der Waals surface area (Å²) < 4.78 is 4.65. The van der Waals surface area contributed by atoms with Gasteiger partial charge in [0.05, 0.1) is 7.11 Å². The number of hydrogen-bond donors (Lipinski definition) is 2. The number of esters is 1. The van der Waals surface area contributed by atoms with Gasteiger partial charge in [0.1, 0.15) is 6.04 Å². The van der Waals surface area contributed by atoms with Crippen molar-refractivity contribution in [1.82, 2.24) is 10.6 Å². The quantitative estimate of drug-likeness (QED) is 0.523. The lowest BCUT2D eigenvalue weighted by Crippen LogP contribution is -2.47. The summed E-state index contributed by atoms with van der Waals surface area (Å²) >= 11 is 0. The van der Waals surface area contributed by atoms with Crippen LogP contribution in [0.4, 0.5) is 0 Å². The van der Waals surface area contributed by atoms with E-state index in [1.165, 1.54) is 39.7 Å². The van der Waals surface area contributed by atoms with Crippen LogP contribution in [0.2, 0.25) is 0 Å². The smallest absolute Gasteiger partial charge is 0.329 e. The van der Waals surface area contributed by atoms with Crippen molar-refractivity contribution in [1.29, 1.82) is 0 Å². The monoisotopic (exact) mass is 256 g/mol. The van der Waals surface area contributed by atoms with Gasteiger partial charge >= 0.3 is 5.97 Å². The van der Waals surface area contributed by atoms with E-state index in [1.807, 2.05) is 0 Å². The van der Waals surface area contributed by atoms with Gasteiger partial charge in [0.2, 0.25) is 5.91 Å². The molecule has 5 nitrogen and oxygen atoms in total. The Morgan fingerprint density at radius 3 is 2.56 bits per heavy atom. The van der Waals surface area contributed by atoms with Crippen molar-refractivity contribution >= 4 is 11.9 Å². The molecule has 1 atom stereocenters. The third-order valence-corrected chi connectivity index (χ3v) is 3.42. The SMILES string of the molecule is COC(=O)C(CNCCC1CCCC1)NC(C)=O. The highest BCUT2D eigenvalue weighted by Crippen LogP contribution is 2.26. The van der Waals surface area contributed by atoms with Crippen LogP contribution in [-0.2, 0) is 14.3 Å². The van der Waals surface area contributed by atoms with Crippen molar-refractivity contribution in [3.63, 3.8) is 0 Å². The van der Waals surface area contributed by atoms with Crippen LogP contribution in [0.25, 0.3) is 0 Å². The summed E-state index contributed by atoms with van der Waals surface area (Å²) in [7, 11) is 1.33. The van der Waals surface area contributed by atoms with Crippen molar-refractivity contribution in [2.75, 3.05) is 20.2 Å². The molecule has 0 radical (unpaired) electrons. The summed E-state index contributed by atoms with van der Waals surface area (Å²) in [6.45, 7) is 2.71. The molecule has 0 aromatic heterocycles. The molecule has 0 heterocycles. The van der Waals surface area contributed by atoms with Crippen molar-refractivity contribution in [2.24, 2.45) is 5.92 Å². The lowest BCUT2D eigenvalue weighted by Gasteiger charge is -2.17. The molecule has 1 rings (SSSR count). The first-order valence-electron chi connectivity index (χ1n) is 6.69. The Kier molecular flexibility index (Phi) is 6.72. The molecule has 0 bridgehead atoms. The molecule has 104 valence electrons. The molecular formula is C13H24N2O3. The van der Waals surface area contributed by atoms with Crippen LogP contribution in [0, 0.1) is 5.92 Å². The molecule has 0 spiro atoms. The highest BCUT2D eigenvalue weighted by atomic mass is 16.5. The average molecular weight is 256 g/mol. The van der Waals surface area contributed by atoms with E-state index < -0.39 is 12.0 Å². The Morgan fingerprint density at radius 2 is 2.00 bits per heavy atom. The van der Waals surface area contributed by atoms with Crippen LogP contribution in [-0.4, -0.2) is 38.1 Å². The van der Waals surface area contributed by atoms with E-state index in [4.69, 9.17) is 0 Å². The van der Waals surface area contributed by atoms with Crippen LogP contribution in [0.1, 0.15) is 39.0 Å². The van der Waals surface area contributed by atoms with E-state index in [2.05, 4.69) is 15.4 Å². The number of nitrogens with one attached hydrogen (secondary N) is 2. The Balaban J connectivity index is 2.19. The van der Waals surface area contributed by atoms with Gasteiger partial charge in [0.25, 0.3) is 0 Å². The second kappa shape index (κ2) is 8.08. The second-order valence-electron chi connectivity index (χ2n) is 4.92. The molecule has 2 N–H and O–H groups in total. The molecule has 5 heteroatoms. The van der Waals surface area contributed by atoms with E-state index in [-0.39, 0.29) is 5.91 Å². The van der Waals surface area contributed by atoms with Gasteiger partial charge < -0.3 is 15.4 Å². The Bertz CT molecular complexity index is 275. The Labute approximate surface area is 109 Å². The van der Waals surface area contributed by atoms with Crippen LogP contribution in [0.3, 0.4) is 0 Å². The summed E-state index contributed by atoms with van der Waals surface area (Å²) in [6.07, 6.45) is 6.50. The van der Waals surface area contributed by atoms with Gasteiger partial charge in [-0.25, -0.2) is 4.79 Å². The van der Waals surface area contributed by atoms with Crippen molar-refractivity contribution in [3.05, 3.63) is 0 Å². The molecule has 1 unspecified atom stereocenters. The largest absolute Gasteiger partial charge is 0.467 e. The first-order chi connectivity index (χ1) is 8.63. The van der Waals surface area contributed by atoms with Gasteiger partial charge in [-0.05, 0) is 18.9 Å². The van der Waals surface area contributed by atoms with E-state index in [9.17, 15) is 9.59 Å². The molecule has 1 aliphatic carbocycles. The van der Waals surface area contributed by atoms with E-state index in [0.29, 0.717) is 6.54 Å². The fourth-order valence-corrected chi connectivity index (χ4v) is 2.43. The van der Waals surface area contributed by atoms with E-state index in [1.54, 1.807) is 0 Å². The maximum absolute atomic E-state index is 11.4. The molecule has 0 aromatic carbocycles. The number of hydrogen-bond acceptors (Lipinski definition) is 4. The van der Waals surface area contributed by atoms with E-state index >= 15 is 0 Å². The number of rotatable bonds is 7. The fourth-order valence-electron chi connectivity index (χ4n) is 2.43. The predicted molar refractivity (Wildman–Crippen MR) is 69.1 cm³/mol. The zero-order chi connectivity index (χ0) is 13.4. The number of ether oxygens (including phenoxy) is 1. The first kappa shape index (κ1) is 15.0. The fraction of sp³-hybridized carbons (Fsp3) is 0.846. The summed E-state index contributed by atoms with van der Waals surface area (Å²) in [5, 5.41) is 5.80. The van der Waals surface area contributed by atoms with Crippen LogP contribution in [0.15, 0.2) is 0 Å². The topological polar surface area (TPSA) is 67.4 Å². The van der Waals surface area contributed by atoms with Crippen molar-refractivity contribution in [3.8, 4) is 0 Å². The van der Waals surface area contributed by atoms with E-state index in [0.717, 1.165) is 18.9 Å². The third-order valence-electron chi connectivity index (χ3n) is 3.42. The summed E-state index contributed by atoms with van der Waals surface area (Å²) in [5.74, 6) is 0.205. The highest BCUT2D eigenvalue weighted by Gasteiger charge is 2.20. The van der Waals surface area contributed by atoms with Gasteiger partial charge in [-0.15, -0.1) is 0 Å². The van der Waals surface area contributed by atoms with Crippen molar-refractivity contribution < 1.29 is 14.3 Å². The minimum absolute atomic E-state index is 0.219. The van der Waals surface area contributed by atoms with Gasteiger partial charge in [0, 0.05) is 13.5 Å². The number of methoxy groups -OCH3 is 1. The maximum Gasteiger partial charge on any atom is 0.329 e. The molecular weight excluding hydrogens is 232 g/mol. The van der Waals surface area contributed by atoms with Crippen LogP contribution < -0.4 is 10.6 Å². The Hall–Kier alpha value is -1.10. The molecule has 18 heavy (non-hydrogen) atoms. The standard InChI is InChI=1S/C13H24N2O3/c1-10(16)15-12(13(17)18-2)9-14-8-7-11-5-3-4-6-11/h11-12,14H,3-9H2,1-2H3,(H,15,16). The summed E-state index contributed by atoms with van der Waals surface area (Å²) in [4.78, 5) is 22.4. The first-order valence-corrected chi connectivity index (χ1v) is 6.69. The van der Waals surface area contributed by atoms with Crippen LogP contribution in [0.5, 0.6) is 0 Å². The molecule has 1 amide bonds. The lowest BCUT2D eigenvalue weighted by atomic mass is 10.0. The average Bonchev–Trinajstić information content (AvgIpc) is 2.84. The minimum atomic E-state index is -0.587. The van der Waals surface area contributed by atoms with Crippen LogP contribution >= 0.6 is 0 Å². The molecule has 1 fully saturated rings. The molecule has 0 aromatic rings. The molecule has 1 saturated carbocycles. The molecule has 0 saturated heterocycles. The summed E-state index contributed by atoms with van der Waals surface area (Å²) in [5.41, 5.74) is 0. The number of amides is 1. The minimum Gasteiger partial charge on any atom is -0.467 e. The van der Waals surface area contributed by atoms with Gasteiger partial charge in [-0.2, -0.15) is 0 Å². The third kappa shape index (κ3) is 5.49. The molecule has 1 aliphatic rings. The zero-order valence-electron chi connectivity index (χ0n) is 11.3. The van der Waals surface area contributed by atoms with Gasteiger partial charge in [-0.1, -0.05) is 25.7 Å².